The minimum atomic E-state index is -4.98. The van der Waals surface area contributed by atoms with Crippen molar-refractivity contribution in [2.45, 2.75) is 44.5 Å². The van der Waals surface area contributed by atoms with Crippen molar-refractivity contribution in [3.63, 3.8) is 0 Å². The second-order valence-electron chi connectivity index (χ2n) is 6.09. The van der Waals surface area contributed by atoms with Gasteiger partial charge in [-0.2, -0.15) is 13.2 Å². The summed E-state index contributed by atoms with van der Waals surface area (Å²) in [5.74, 6) is -2.06. The van der Waals surface area contributed by atoms with Crippen LogP contribution in [-0.2, 0) is 9.53 Å². The molecule has 1 heterocycles. The zero-order chi connectivity index (χ0) is 16.5. The lowest BCUT2D eigenvalue weighted by atomic mass is 9.99. The summed E-state index contributed by atoms with van der Waals surface area (Å²) in [4.78, 5) is 24.2. The molecule has 0 radical (unpaired) electrons. The Balaban J connectivity index is 2.72. The number of nitrogens with one attached hydrogen (secondary N) is 1. The van der Waals surface area contributed by atoms with Gasteiger partial charge >= 0.3 is 18.2 Å². The first kappa shape index (κ1) is 17.5. The van der Waals surface area contributed by atoms with E-state index in [-0.39, 0.29) is 26.1 Å². The molecule has 2 amide bonds. The number of halogens is 3. The van der Waals surface area contributed by atoms with Gasteiger partial charge in [-0.1, -0.05) is 0 Å². The van der Waals surface area contributed by atoms with E-state index >= 15 is 0 Å². The standard InChI is InChI=1S/C12H20F3N3O3/c1-10(2,3)21-9(20)18-5-4-11(6-16,7-18)17-8(19)12(13,14)15/h4-7,16H2,1-3H3,(H,17,19). The monoisotopic (exact) mass is 311 g/mol. The molecular weight excluding hydrogens is 291 g/mol. The van der Waals surface area contributed by atoms with Crippen LogP contribution in [0.4, 0.5) is 18.0 Å². The molecule has 0 bridgehead atoms. The van der Waals surface area contributed by atoms with Crippen LogP contribution in [0.15, 0.2) is 0 Å². The predicted octanol–water partition coefficient (Wildman–Crippen LogP) is 1.00. The number of carbonyl (C=O) groups excluding carboxylic acids is 2. The molecule has 0 aromatic rings. The van der Waals surface area contributed by atoms with Gasteiger partial charge < -0.3 is 20.7 Å². The van der Waals surface area contributed by atoms with Crippen LogP contribution in [0.25, 0.3) is 0 Å². The van der Waals surface area contributed by atoms with Crippen molar-refractivity contribution in [3.8, 4) is 0 Å². The third-order valence-electron chi connectivity index (χ3n) is 3.03. The quantitative estimate of drug-likeness (QED) is 0.797. The molecule has 0 aliphatic carbocycles. The highest BCUT2D eigenvalue weighted by atomic mass is 19.4. The normalized spacial score (nSPS) is 23.1. The second kappa shape index (κ2) is 5.70. The zero-order valence-electron chi connectivity index (χ0n) is 12.2. The van der Waals surface area contributed by atoms with E-state index in [1.165, 1.54) is 4.90 Å². The molecule has 21 heavy (non-hydrogen) atoms. The molecule has 1 saturated heterocycles. The number of alkyl halides is 3. The van der Waals surface area contributed by atoms with Crippen molar-refractivity contribution in [1.82, 2.24) is 10.2 Å². The van der Waals surface area contributed by atoms with Gasteiger partial charge in [0.25, 0.3) is 0 Å². The van der Waals surface area contributed by atoms with Crippen molar-refractivity contribution >= 4 is 12.0 Å². The van der Waals surface area contributed by atoms with Crippen LogP contribution < -0.4 is 11.1 Å². The Bertz CT molecular complexity index is 420. The molecule has 0 aromatic carbocycles. The highest BCUT2D eigenvalue weighted by Gasteiger charge is 2.47. The molecule has 1 fully saturated rings. The predicted molar refractivity (Wildman–Crippen MR) is 68.4 cm³/mol. The van der Waals surface area contributed by atoms with Crippen LogP contribution in [0.3, 0.4) is 0 Å². The van der Waals surface area contributed by atoms with E-state index in [1.54, 1.807) is 20.8 Å². The van der Waals surface area contributed by atoms with Gasteiger partial charge in [0.1, 0.15) is 5.60 Å². The van der Waals surface area contributed by atoms with Crippen LogP contribution in [0.1, 0.15) is 27.2 Å². The largest absolute Gasteiger partial charge is 0.471 e. The van der Waals surface area contributed by atoms with Crippen molar-refractivity contribution in [1.29, 1.82) is 0 Å². The molecule has 1 aliphatic heterocycles. The van der Waals surface area contributed by atoms with Crippen LogP contribution in [-0.4, -0.2) is 53.9 Å². The number of nitrogens with two attached hydrogens (primary N) is 1. The van der Waals surface area contributed by atoms with Gasteiger partial charge in [0.15, 0.2) is 0 Å². The minimum Gasteiger partial charge on any atom is -0.444 e. The number of rotatable bonds is 2. The molecule has 1 unspecified atom stereocenters. The molecule has 1 rings (SSSR count). The number of amides is 2. The molecule has 6 nitrogen and oxygen atoms in total. The maximum absolute atomic E-state index is 12.3. The van der Waals surface area contributed by atoms with E-state index in [0.717, 1.165) is 0 Å². The number of carbonyl (C=O) groups is 2. The average Bonchev–Trinajstić information content (AvgIpc) is 2.70. The minimum absolute atomic E-state index is 0.111. The molecular formula is C12H20F3N3O3. The lowest BCUT2D eigenvalue weighted by Crippen LogP contribution is -2.58. The zero-order valence-corrected chi connectivity index (χ0v) is 12.2. The van der Waals surface area contributed by atoms with E-state index in [0.29, 0.717) is 0 Å². The first-order valence-electron chi connectivity index (χ1n) is 6.46. The van der Waals surface area contributed by atoms with Crippen molar-refractivity contribution in [2.24, 2.45) is 5.73 Å². The Morgan fingerprint density at radius 1 is 1.33 bits per heavy atom. The van der Waals surface area contributed by atoms with Gasteiger partial charge in [-0.05, 0) is 27.2 Å². The lowest BCUT2D eigenvalue weighted by Gasteiger charge is -2.30. The third kappa shape index (κ3) is 4.76. The van der Waals surface area contributed by atoms with Crippen LogP contribution in [0.2, 0.25) is 0 Å². The topological polar surface area (TPSA) is 84.7 Å². The Kier molecular flexibility index (Phi) is 4.76. The maximum atomic E-state index is 12.3. The number of ether oxygens (including phenoxy) is 1. The van der Waals surface area contributed by atoms with Crippen LogP contribution >= 0.6 is 0 Å². The van der Waals surface area contributed by atoms with Gasteiger partial charge in [-0.3, -0.25) is 4.79 Å². The number of likely N-dealkylation sites (tertiary alicyclic amines) is 1. The van der Waals surface area contributed by atoms with Crippen molar-refractivity contribution < 1.29 is 27.5 Å². The highest BCUT2D eigenvalue weighted by Crippen LogP contribution is 2.25. The molecule has 0 aromatic heterocycles. The van der Waals surface area contributed by atoms with Crippen LogP contribution in [0, 0.1) is 0 Å². The van der Waals surface area contributed by atoms with E-state index in [9.17, 15) is 22.8 Å². The molecule has 3 N–H and O–H groups in total. The van der Waals surface area contributed by atoms with Crippen molar-refractivity contribution in [3.05, 3.63) is 0 Å². The number of hydrogen-bond donors (Lipinski definition) is 2. The summed E-state index contributed by atoms with van der Waals surface area (Å²) < 4.78 is 42.1. The molecule has 122 valence electrons. The summed E-state index contributed by atoms with van der Waals surface area (Å²) in [5.41, 5.74) is 3.51. The first-order valence-corrected chi connectivity index (χ1v) is 6.46. The Morgan fingerprint density at radius 3 is 2.33 bits per heavy atom. The van der Waals surface area contributed by atoms with Gasteiger partial charge in [-0.25, -0.2) is 4.79 Å². The molecule has 1 aliphatic rings. The first-order chi connectivity index (χ1) is 9.38. The fourth-order valence-electron chi connectivity index (χ4n) is 1.99. The summed E-state index contributed by atoms with van der Waals surface area (Å²) in [6.45, 7) is 4.91. The van der Waals surface area contributed by atoms with E-state index in [2.05, 4.69) is 0 Å². The number of nitrogens with zero attached hydrogens (tertiary/aromatic N) is 1. The highest BCUT2D eigenvalue weighted by molar-refractivity contribution is 5.82. The van der Waals surface area contributed by atoms with E-state index in [4.69, 9.17) is 10.5 Å². The van der Waals surface area contributed by atoms with Crippen LogP contribution in [0.5, 0.6) is 0 Å². The summed E-state index contributed by atoms with van der Waals surface area (Å²) in [5, 5.41) is 1.89. The molecule has 0 saturated carbocycles. The van der Waals surface area contributed by atoms with Gasteiger partial charge in [0.05, 0.1) is 5.54 Å². The third-order valence-corrected chi connectivity index (χ3v) is 3.03. The van der Waals surface area contributed by atoms with E-state index in [1.807, 2.05) is 5.32 Å². The molecule has 0 spiro atoms. The molecule has 9 heteroatoms. The summed E-state index contributed by atoms with van der Waals surface area (Å²) in [6.07, 6.45) is -5.48. The summed E-state index contributed by atoms with van der Waals surface area (Å²) in [7, 11) is 0. The Hall–Kier alpha value is -1.51. The Labute approximate surface area is 120 Å². The maximum Gasteiger partial charge on any atom is 0.471 e. The fourth-order valence-corrected chi connectivity index (χ4v) is 1.99. The van der Waals surface area contributed by atoms with E-state index < -0.39 is 29.3 Å². The van der Waals surface area contributed by atoms with Gasteiger partial charge in [0.2, 0.25) is 0 Å². The average molecular weight is 311 g/mol. The van der Waals surface area contributed by atoms with Gasteiger partial charge in [0, 0.05) is 19.6 Å². The Morgan fingerprint density at radius 2 is 1.90 bits per heavy atom. The SMILES string of the molecule is CC(C)(C)OC(=O)N1CCC(CN)(NC(=O)C(F)(F)F)C1. The molecule has 1 atom stereocenters. The summed E-state index contributed by atoms with van der Waals surface area (Å²) >= 11 is 0. The smallest absolute Gasteiger partial charge is 0.444 e. The number of hydrogen-bond acceptors (Lipinski definition) is 4. The van der Waals surface area contributed by atoms with Crippen molar-refractivity contribution in [2.75, 3.05) is 19.6 Å². The lowest BCUT2D eigenvalue weighted by molar-refractivity contribution is -0.175. The summed E-state index contributed by atoms with van der Waals surface area (Å²) in [6, 6.07) is 0. The van der Waals surface area contributed by atoms with Gasteiger partial charge in [-0.15, -0.1) is 0 Å². The second-order valence-corrected chi connectivity index (χ2v) is 6.09. The fraction of sp³-hybridized carbons (Fsp3) is 0.833.